The van der Waals surface area contributed by atoms with Gasteiger partial charge in [0.15, 0.2) is 0 Å². The summed E-state index contributed by atoms with van der Waals surface area (Å²) in [6.07, 6.45) is 2.90. The second kappa shape index (κ2) is 8.73. The summed E-state index contributed by atoms with van der Waals surface area (Å²) >= 11 is 5.79. The van der Waals surface area contributed by atoms with Crippen LogP contribution in [-0.2, 0) is 4.79 Å². The van der Waals surface area contributed by atoms with Crippen molar-refractivity contribution >= 4 is 29.2 Å². The number of urea groups is 1. The number of aliphatic hydroxyl groups is 1. The number of anilines is 1. The van der Waals surface area contributed by atoms with Gasteiger partial charge in [0.25, 0.3) is 5.91 Å². The van der Waals surface area contributed by atoms with Gasteiger partial charge in [-0.05, 0) is 55.9 Å². The van der Waals surface area contributed by atoms with Gasteiger partial charge in [0.05, 0.1) is 11.1 Å². The maximum atomic E-state index is 13.4. The van der Waals surface area contributed by atoms with Crippen LogP contribution in [0.4, 0.5) is 14.9 Å². The molecule has 0 aromatic heterocycles. The summed E-state index contributed by atoms with van der Waals surface area (Å²) in [5.41, 5.74) is 4.16. The number of nitrogens with two attached hydrogens (primary N) is 1. The molecule has 1 atom stereocenters. The maximum Gasteiger partial charge on any atom is 0.322 e. The number of hydrazine groups is 1. The summed E-state index contributed by atoms with van der Waals surface area (Å²) in [4.78, 5) is 29.5. The van der Waals surface area contributed by atoms with Gasteiger partial charge in [0.2, 0.25) is 0 Å². The number of nitrogens with zero attached hydrogens (tertiary/aromatic N) is 2. The zero-order chi connectivity index (χ0) is 23.0. The molecule has 4 rings (SSSR count). The smallest absolute Gasteiger partial charge is 0.322 e. The van der Waals surface area contributed by atoms with E-state index in [2.05, 4.69) is 17.3 Å². The highest BCUT2D eigenvalue weighted by molar-refractivity contribution is 6.31. The summed E-state index contributed by atoms with van der Waals surface area (Å²) in [5.74, 6) is 4.97. The van der Waals surface area contributed by atoms with Gasteiger partial charge < -0.3 is 25.6 Å². The molecule has 10 heteroatoms. The van der Waals surface area contributed by atoms with Crippen molar-refractivity contribution in [1.29, 1.82) is 0 Å². The molecule has 1 unspecified atom stereocenters. The van der Waals surface area contributed by atoms with Crippen molar-refractivity contribution in [2.75, 3.05) is 25.0 Å². The van der Waals surface area contributed by atoms with Gasteiger partial charge >= 0.3 is 6.03 Å². The fourth-order valence-electron chi connectivity index (χ4n) is 4.52. The Hall–Kier alpha value is -2.62. The number of likely N-dealkylation sites (tertiary alicyclic amines) is 2. The van der Waals surface area contributed by atoms with Crippen molar-refractivity contribution in [1.82, 2.24) is 15.2 Å². The van der Waals surface area contributed by atoms with E-state index in [1.807, 2.05) is 0 Å². The topological polar surface area (TPSA) is 111 Å². The highest BCUT2D eigenvalue weighted by Crippen LogP contribution is 2.49. The van der Waals surface area contributed by atoms with Gasteiger partial charge in [-0.15, -0.1) is 0 Å². The van der Waals surface area contributed by atoms with Crippen LogP contribution in [0.1, 0.15) is 32.1 Å². The molecule has 1 spiro atoms. The second-order valence-electron chi connectivity index (χ2n) is 8.66. The van der Waals surface area contributed by atoms with E-state index in [0.717, 1.165) is 18.4 Å². The molecule has 5 N–H and O–H groups in total. The lowest BCUT2D eigenvalue weighted by molar-refractivity contribution is -0.134. The number of rotatable bonds is 3. The van der Waals surface area contributed by atoms with E-state index in [4.69, 9.17) is 17.4 Å². The Morgan fingerprint density at radius 1 is 1.31 bits per heavy atom. The van der Waals surface area contributed by atoms with Gasteiger partial charge in [-0.2, -0.15) is 0 Å². The second-order valence-corrected chi connectivity index (χ2v) is 9.07. The van der Waals surface area contributed by atoms with Gasteiger partial charge in [0, 0.05) is 36.4 Å². The van der Waals surface area contributed by atoms with Crippen molar-refractivity contribution in [3.63, 3.8) is 0 Å². The minimum atomic E-state index is -0.569. The van der Waals surface area contributed by atoms with Crippen molar-refractivity contribution in [2.45, 2.75) is 43.7 Å². The Balaban J connectivity index is 1.53. The maximum absolute atomic E-state index is 13.4. The van der Waals surface area contributed by atoms with Crippen LogP contribution in [0.25, 0.3) is 0 Å². The number of aliphatic hydroxyl groups excluding tert-OH is 1. The zero-order valence-corrected chi connectivity index (χ0v) is 18.4. The third-order valence-electron chi connectivity index (χ3n) is 6.52. The molecule has 0 bridgehead atoms. The van der Waals surface area contributed by atoms with Crippen molar-refractivity contribution in [3.05, 3.63) is 52.5 Å². The molecule has 2 aliphatic heterocycles. The van der Waals surface area contributed by atoms with Gasteiger partial charge in [-0.25, -0.2) is 9.18 Å². The number of piperidine rings is 2. The molecule has 3 fully saturated rings. The highest BCUT2D eigenvalue weighted by Gasteiger charge is 2.53. The third-order valence-corrected chi connectivity index (χ3v) is 6.81. The number of hydrogen-bond donors (Lipinski definition) is 4. The molecule has 32 heavy (non-hydrogen) atoms. The molecule has 1 aromatic rings. The number of carbonyl (C=O) groups excluding carboxylic acids is 2. The number of hydrogen-bond acceptors (Lipinski definition) is 5. The van der Waals surface area contributed by atoms with Crippen molar-refractivity contribution in [3.8, 4) is 0 Å². The SMILES string of the molecule is C=C1CCN(C(=O)Nc2ccc(F)c(Cl)c2)C/C1=C(/NN)C(=O)N1CCC(O)CC12CC2. The van der Waals surface area contributed by atoms with E-state index >= 15 is 0 Å². The summed E-state index contributed by atoms with van der Waals surface area (Å²) in [6, 6.07) is 3.54. The number of nitrogens with one attached hydrogen (secondary N) is 2. The van der Waals surface area contributed by atoms with Crippen LogP contribution in [0.5, 0.6) is 0 Å². The summed E-state index contributed by atoms with van der Waals surface area (Å²) in [5, 5.41) is 12.7. The lowest BCUT2D eigenvalue weighted by Gasteiger charge is -2.40. The summed E-state index contributed by atoms with van der Waals surface area (Å²) in [6.45, 7) is 5.09. The van der Waals surface area contributed by atoms with Gasteiger partial charge in [-0.3, -0.25) is 10.6 Å². The first-order valence-corrected chi connectivity index (χ1v) is 11.0. The largest absolute Gasteiger partial charge is 0.393 e. The Labute approximate surface area is 190 Å². The average Bonchev–Trinajstić information content (AvgIpc) is 3.51. The van der Waals surface area contributed by atoms with E-state index in [9.17, 15) is 19.1 Å². The van der Waals surface area contributed by atoms with E-state index < -0.39 is 18.0 Å². The van der Waals surface area contributed by atoms with Crippen LogP contribution in [0.2, 0.25) is 5.02 Å². The molecule has 3 aliphatic rings. The zero-order valence-electron chi connectivity index (χ0n) is 17.7. The Kier molecular flexibility index (Phi) is 6.15. The molecule has 1 saturated carbocycles. The van der Waals surface area contributed by atoms with Gasteiger partial charge in [0.1, 0.15) is 11.5 Å². The molecule has 2 saturated heterocycles. The first kappa shape index (κ1) is 22.6. The van der Waals surface area contributed by atoms with E-state index in [1.165, 1.54) is 18.2 Å². The average molecular weight is 464 g/mol. The number of carbonyl (C=O) groups is 2. The molecule has 1 aliphatic carbocycles. The Morgan fingerprint density at radius 3 is 2.72 bits per heavy atom. The first-order chi connectivity index (χ1) is 15.2. The van der Waals surface area contributed by atoms with E-state index in [1.54, 1.807) is 9.80 Å². The predicted octanol–water partition coefficient (Wildman–Crippen LogP) is 2.51. The molecule has 1 aromatic carbocycles. The minimum Gasteiger partial charge on any atom is -0.393 e. The minimum absolute atomic E-state index is 0.0868. The number of benzene rings is 1. The van der Waals surface area contributed by atoms with E-state index in [0.29, 0.717) is 43.6 Å². The molecule has 3 amide bonds. The van der Waals surface area contributed by atoms with Crippen LogP contribution in [0, 0.1) is 5.82 Å². The highest BCUT2D eigenvalue weighted by atomic mass is 35.5. The van der Waals surface area contributed by atoms with E-state index in [-0.39, 0.29) is 28.7 Å². The Bertz CT molecular complexity index is 994. The monoisotopic (exact) mass is 463 g/mol. The lowest BCUT2D eigenvalue weighted by atomic mass is 9.94. The summed E-state index contributed by atoms with van der Waals surface area (Å²) < 4.78 is 13.4. The van der Waals surface area contributed by atoms with Crippen LogP contribution < -0.4 is 16.6 Å². The fraction of sp³-hybridized carbons (Fsp3) is 0.455. The lowest BCUT2D eigenvalue weighted by Crippen LogP contribution is -2.52. The number of halogens is 2. The Morgan fingerprint density at radius 2 is 2.06 bits per heavy atom. The normalized spacial score (nSPS) is 23.8. The van der Waals surface area contributed by atoms with Crippen molar-refractivity contribution < 1.29 is 19.1 Å². The van der Waals surface area contributed by atoms with Crippen LogP contribution >= 0.6 is 11.6 Å². The van der Waals surface area contributed by atoms with Crippen molar-refractivity contribution in [2.24, 2.45) is 5.84 Å². The molecular formula is C22H27ClFN5O3. The quantitative estimate of drug-likeness (QED) is 0.313. The van der Waals surface area contributed by atoms with Crippen LogP contribution in [0.3, 0.4) is 0 Å². The van der Waals surface area contributed by atoms with Crippen LogP contribution in [-0.4, -0.2) is 58.1 Å². The third kappa shape index (κ3) is 4.32. The molecule has 2 heterocycles. The fourth-order valence-corrected chi connectivity index (χ4v) is 4.70. The molecule has 0 radical (unpaired) electrons. The molecule has 8 nitrogen and oxygen atoms in total. The molecule has 172 valence electrons. The van der Waals surface area contributed by atoms with Gasteiger partial charge in [-0.1, -0.05) is 18.2 Å². The standard InChI is InChI=1S/C22H27ClFN5O3/c1-13-4-8-28(21(32)26-14-2-3-18(24)17(23)10-14)12-16(13)19(27-25)20(31)29-9-5-15(30)11-22(29)6-7-22/h2-3,10,15,27,30H,1,4-9,11-12,25H2,(H,26,32)/b19-16-. The van der Waals surface area contributed by atoms with Crippen LogP contribution in [0.15, 0.2) is 41.6 Å². The summed E-state index contributed by atoms with van der Waals surface area (Å²) in [7, 11) is 0. The molecular weight excluding hydrogens is 437 g/mol. The first-order valence-electron chi connectivity index (χ1n) is 10.6. The predicted molar refractivity (Wildman–Crippen MR) is 119 cm³/mol. The number of amides is 3.